The van der Waals surface area contributed by atoms with Crippen LogP contribution >= 0.6 is 32.3 Å². The molecule has 0 aromatic heterocycles. The van der Waals surface area contributed by atoms with Crippen LogP contribution in [0.4, 0.5) is 0 Å². The Labute approximate surface area is 80.2 Å². The van der Waals surface area contributed by atoms with Crippen LogP contribution in [0.15, 0.2) is 0 Å². The van der Waals surface area contributed by atoms with E-state index in [4.69, 9.17) is 10.8 Å². The Morgan fingerprint density at radius 1 is 1.55 bits per heavy atom. The van der Waals surface area contributed by atoms with Crippen molar-refractivity contribution in [2.24, 2.45) is 5.73 Å². The number of nitrogens with two attached hydrogens (primary N) is 1. The quantitative estimate of drug-likeness (QED) is 0.726. The number of nitrogens with zero attached hydrogens (tertiary/aromatic N) is 1. The SMILES string of the molecule is NC(=O)C[C@@H](C(=O)O)N(Br)Br. The Hall–Kier alpha value is -0.140. The first-order valence-electron chi connectivity index (χ1n) is 2.57. The molecule has 0 rings (SSSR count). The van der Waals surface area contributed by atoms with E-state index in [-0.39, 0.29) is 6.42 Å². The summed E-state index contributed by atoms with van der Waals surface area (Å²) in [5.41, 5.74) is 4.80. The van der Waals surface area contributed by atoms with Crippen LogP contribution in [0.25, 0.3) is 0 Å². The molecule has 11 heavy (non-hydrogen) atoms. The third kappa shape index (κ3) is 4.33. The first kappa shape index (κ1) is 10.9. The van der Waals surface area contributed by atoms with Crippen LogP contribution in [0.1, 0.15) is 6.42 Å². The highest BCUT2D eigenvalue weighted by molar-refractivity contribution is 9.21. The predicted molar refractivity (Wildman–Crippen MR) is 44.9 cm³/mol. The van der Waals surface area contributed by atoms with Crippen LogP contribution in [0.5, 0.6) is 0 Å². The molecule has 1 amide bonds. The van der Waals surface area contributed by atoms with E-state index in [1.165, 1.54) is 0 Å². The number of hydrogen-bond acceptors (Lipinski definition) is 3. The smallest absolute Gasteiger partial charge is 0.323 e. The number of carboxylic acids is 1. The molecule has 0 aromatic carbocycles. The minimum atomic E-state index is -1.13. The fourth-order valence-electron chi connectivity index (χ4n) is 0.430. The second-order valence-electron chi connectivity index (χ2n) is 1.78. The molecule has 0 fully saturated rings. The molecular weight excluding hydrogens is 284 g/mol. The maximum absolute atomic E-state index is 10.4. The number of amides is 1. The van der Waals surface area contributed by atoms with E-state index in [1.54, 1.807) is 0 Å². The fraction of sp³-hybridized carbons (Fsp3) is 0.500. The van der Waals surface area contributed by atoms with Crippen molar-refractivity contribution in [2.75, 3.05) is 0 Å². The van der Waals surface area contributed by atoms with E-state index >= 15 is 0 Å². The highest BCUT2D eigenvalue weighted by atomic mass is 79.9. The normalized spacial score (nSPS) is 13.0. The van der Waals surface area contributed by atoms with Crippen molar-refractivity contribution in [2.45, 2.75) is 12.5 Å². The number of carbonyl (C=O) groups is 2. The molecule has 0 radical (unpaired) electrons. The first-order chi connectivity index (χ1) is 4.95. The standard InChI is InChI=1S/C4H6Br2N2O3/c5-8(6)2(4(10)11)1-3(7)9/h2H,1H2,(H2,7,9)(H,10,11)/t2-/m0/s1. The monoisotopic (exact) mass is 288 g/mol. The summed E-state index contributed by atoms with van der Waals surface area (Å²) in [6.07, 6.45) is -0.244. The molecule has 64 valence electrons. The lowest BCUT2D eigenvalue weighted by Crippen LogP contribution is -2.33. The molecule has 0 heterocycles. The van der Waals surface area contributed by atoms with E-state index in [0.29, 0.717) is 0 Å². The van der Waals surface area contributed by atoms with Gasteiger partial charge in [-0.3, -0.25) is 9.59 Å². The first-order valence-corrected chi connectivity index (χ1v) is 3.99. The maximum atomic E-state index is 10.4. The fourth-order valence-corrected chi connectivity index (χ4v) is 1.07. The summed E-state index contributed by atoms with van der Waals surface area (Å²) in [5, 5.41) is 8.48. The molecule has 0 unspecified atom stereocenters. The Morgan fingerprint density at radius 3 is 2.09 bits per heavy atom. The molecule has 0 bridgehead atoms. The van der Waals surface area contributed by atoms with Crippen molar-refractivity contribution < 1.29 is 14.7 Å². The van der Waals surface area contributed by atoms with Gasteiger partial charge in [-0.05, 0) is 0 Å². The average Bonchev–Trinajstić information content (AvgIpc) is 1.81. The highest BCUT2D eigenvalue weighted by Gasteiger charge is 2.24. The van der Waals surface area contributed by atoms with Crippen molar-refractivity contribution in [3.8, 4) is 0 Å². The molecule has 5 nitrogen and oxygen atoms in total. The number of carbonyl (C=O) groups excluding carboxylic acids is 1. The summed E-state index contributed by atoms with van der Waals surface area (Å²) in [5.74, 6) is -1.79. The van der Waals surface area contributed by atoms with Crippen LogP contribution in [0.3, 0.4) is 0 Å². The topological polar surface area (TPSA) is 83.6 Å². The minimum Gasteiger partial charge on any atom is -0.480 e. The third-order valence-electron chi connectivity index (χ3n) is 0.915. The van der Waals surface area contributed by atoms with E-state index in [9.17, 15) is 9.59 Å². The largest absolute Gasteiger partial charge is 0.480 e. The Balaban J connectivity index is 4.12. The predicted octanol–water partition coefficient (Wildman–Crippen LogP) is 0.237. The van der Waals surface area contributed by atoms with Gasteiger partial charge in [0.05, 0.1) is 6.42 Å². The van der Waals surface area contributed by atoms with Crippen molar-refractivity contribution in [3.05, 3.63) is 0 Å². The molecule has 0 spiro atoms. The highest BCUT2D eigenvalue weighted by Crippen LogP contribution is 2.14. The van der Waals surface area contributed by atoms with Crippen molar-refractivity contribution in [3.63, 3.8) is 0 Å². The zero-order valence-electron chi connectivity index (χ0n) is 5.33. The van der Waals surface area contributed by atoms with Crippen LogP contribution in [0, 0.1) is 0 Å². The second kappa shape index (κ2) is 4.68. The van der Waals surface area contributed by atoms with Crippen molar-refractivity contribution >= 4 is 44.2 Å². The lowest BCUT2D eigenvalue weighted by molar-refractivity contribution is -0.141. The van der Waals surface area contributed by atoms with Gasteiger partial charge in [0.15, 0.2) is 0 Å². The number of aliphatic carboxylic acids is 1. The summed E-state index contributed by atoms with van der Waals surface area (Å²) in [7, 11) is 0. The lowest BCUT2D eigenvalue weighted by Gasteiger charge is -2.12. The molecule has 0 aliphatic carbocycles. The van der Waals surface area contributed by atoms with E-state index < -0.39 is 17.9 Å². The van der Waals surface area contributed by atoms with Crippen molar-refractivity contribution in [1.29, 1.82) is 0 Å². The molecule has 0 aliphatic rings. The Morgan fingerprint density at radius 2 is 2.00 bits per heavy atom. The molecule has 0 aliphatic heterocycles. The maximum Gasteiger partial charge on any atom is 0.323 e. The third-order valence-corrected chi connectivity index (χ3v) is 1.90. The number of halogens is 2. The van der Waals surface area contributed by atoms with Crippen LogP contribution in [-0.4, -0.2) is 26.0 Å². The summed E-state index contributed by atoms with van der Waals surface area (Å²) in [6.45, 7) is 0. The second-order valence-corrected chi connectivity index (χ2v) is 4.26. The van der Waals surface area contributed by atoms with Gasteiger partial charge in [-0.2, -0.15) is 2.95 Å². The summed E-state index contributed by atoms with van der Waals surface area (Å²) < 4.78 is 1.06. The summed E-state index contributed by atoms with van der Waals surface area (Å²) in [4.78, 5) is 20.7. The zero-order valence-corrected chi connectivity index (χ0v) is 8.50. The molecule has 3 N–H and O–H groups in total. The van der Waals surface area contributed by atoms with Gasteiger partial charge in [0.2, 0.25) is 5.91 Å². The zero-order chi connectivity index (χ0) is 9.02. The average molecular weight is 290 g/mol. The van der Waals surface area contributed by atoms with E-state index in [1.807, 2.05) is 0 Å². The van der Waals surface area contributed by atoms with Gasteiger partial charge >= 0.3 is 5.97 Å². The van der Waals surface area contributed by atoms with E-state index in [0.717, 1.165) is 2.95 Å². The van der Waals surface area contributed by atoms with Gasteiger partial charge in [-0.15, -0.1) is 0 Å². The molecule has 0 saturated carbocycles. The van der Waals surface area contributed by atoms with Crippen LogP contribution < -0.4 is 5.73 Å². The molecule has 0 saturated heterocycles. The molecule has 1 atom stereocenters. The molecular formula is C4H6Br2N2O3. The Kier molecular flexibility index (Phi) is 4.62. The molecule has 0 aromatic rings. The number of carboxylic acid groups (broad SMARTS) is 1. The minimum absolute atomic E-state index is 0.244. The lowest BCUT2D eigenvalue weighted by atomic mass is 10.2. The van der Waals surface area contributed by atoms with Crippen LogP contribution in [0.2, 0.25) is 0 Å². The summed E-state index contributed by atoms with van der Waals surface area (Å²) in [6, 6.07) is -0.979. The van der Waals surface area contributed by atoms with Gasteiger partial charge in [-0.1, -0.05) is 0 Å². The van der Waals surface area contributed by atoms with Gasteiger partial charge in [0.25, 0.3) is 0 Å². The Bertz CT molecular complexity index is 173. The number of rotatable bonds is 4. The summed E-state index contributed by atoms with van der Waals surface area (Å²) >= 11 is 5.66. The number of hydrogen-bond donors (Lipinski definition) is 2. The van der Waals surface area contributed by atoms with Gasteiger partial charge in [-0.25, -0.2) is 0 Å². The van der Waals surface area contributed by atoms with Gasteiger partial charge in [0, 0.05) is 32.3 Å². The van der Waals surface area contributed by atoms with Gasteiger partial charge < -0.3 is 10.8 Å². The van der Waals surface area contributed by atoms with Crippen LogP contribution in [-0.2, 0) is 9.59 Å². The van der Waals surface area contributed by atoms with Crippen molar-refractivity contribution in [1.82, 2.24) is 2.95 Å². The van der Waals surface area contributed by atoms with E-state index in [2.05, 4.69) is 32.3 Å². The number of primary amides is 1. The van der Waals surface area contributed by atoms with Gasteiger partial charge in [0.1, 0.15) is 6.04 Å². The molecule has 7 heteroatoms.